The van der Waals surface area contributed by atoms with Crippen LogP contribution in [0.5, 0.6) is 0 Å². The fourth-order valence-corrected chi connectivity index (χ4v) is 7.87. The number of benzene rings is 4. The van der Waals surface area contributed by atoms with E-state index in [0.717, 1.165) is 23.4 Å². The maximum Gasteiger partial charge on any atom is 0.100 e. The second-order valence-electron chi connectivity index (χ2n) is 12.9. The highest BCUT2D eigenvalue weighted by Crippen LogP contribution is 2.49. The van der Waals surface area contributed by atoms with E-state index in [2.05, 4.69) is 132 Å². The molecule has 4 aromatic rings. The highest BCUT2D eigenvalue weighted by molar-refractivity contribution is 8.00. The molecule has 1 heterocycles. The Hall–Kier alpha value is -2.56. The molecule has 0 aliphatic carbocycles. The largest absolute Gasteiger partial charge is 0.370 e. The van der Waals surface area contributed by atoms with Gasteiger partial charge in [-0.1, -0.05) is 143 Å². The molecular weight excluding hydrogens is 568 g/mol. The van der Waals surface area contributed by atoms with Crippen LogP contribution in [0.25, 0.3) is 0 Å². The van der Waals surface area contributed by atoms with Crippen LogP contribution >= 0.6 is 23.4 Å². The second kappa shape index (κ2) is 14.5. The smallest absolute Gasteiger partial charge is 0.100 e. The van der Waals surface area contributed by atoms with Crippen molar-refractivity contribution in [1.29, 1.82) is 0 Å². The molecular formula is C39H45ClO2S. The van der Waals surface area contributed by atoms with Crippen LogP contribution in [0.4, 0.5) is 0 Å². The van der Waals surface area contributed by atoms with Gasteiger partial charge in [-0.2, -0.15) is 0 Å². The number of hydrogen-bond donors (Lipinski definition) is 0. The summed E-state index contributed by atoms with van der Waals surface area (Å²) in [5.74, 6) is 0.351. The highest BCUT2D eigenvalue weighted by atomic mass is 35.5. The van der Waals surface area contributed by atoms with Crippen molar-refractivity contribution in [1.82, 2.24) is 0 Å². The van der Waals surface area contributed by atoms with Crippen LogP contribution in [0.3, 0.4) is 0 Å². The van der Waals surface area contributed by atoms with Gasteiger partial charge < -0.3 is 9.47 Å². The Bertz CT molecular complexity index is 1430. The number of ether oxygens (including phenoxy) is 2. The van der Waals surface area contributed by atoms with Gasteiger partial charge in [-0.05, 0) is 63.6 Å². The van der Waals surface area contributed by atoms with Crippen LogP contribution in [-0.4, -0.2) is 17.5 Å². The van der Waals surface area contributed by atoms with Gasteiger partial charge in [0.25, 0.3) is 0 Å². The van der Waals surface area contributed by atoms with Crippen molar-refractivity contribution < 1.29 is 9.47 Å². The first-order valence-corrected chi connectivity index (χ1v) is 16.9. The molecule has 1 aliphatic heterocycles. The van der Waals surface area contributed by atoms with Gasteiger partial charge in [-0.15, -0.1) is 11.8 Å². The molecule has 0 aromatic heterocycles. The van der Waals surface area contributed by atoms with Crippen molar-refractivity contribution >= 4 is 23.4 Å². The highest BCUT2D eigenvalue weighted by Gasteiger charge is 2.45. The van der Waals surface area contributed by atoms with Crippen molar-refractivity contribution in [2.24, 2.45) is 5.92 Å². The van der Waals surface area contributed by atoms with Crippen LogP contribution in [0.15, 0.2) is 103 Å². The first-order chi connectivity index (χ1) is 20.7. The molecule has 2 nitrogen and oxygen atoms in total. The summed E-state index contributed by atoms with van der Waals surface area (Å²) < 4.78 is 13.6. The quantitative estimate of drug-likeness (QED) is 0.177. The van der Waals surface area contributed by atoms with Gasteiger partial charge in [-0.25, -0.2) is 0 Å². The standard InChI is InChI=1S/C39H45ClO2S/c1-6-35-27(2)36(41-25-29-13-9-7-10-14-29)37(42-26-30-15-11-8-12-16-30)38(43-35)31-19-22-34(40)32(24-31)23-28-17-20-33(21-18-28)39(3,4)5/h7-22,24,27,35-38H,6,23,25-26H2,1-5H3/t27-,35-,36+,37-,38+/m1/s1. The Balaban J connectivity index is 1.45. The maximum atomic E-state index is 6.85. The predicted molar refractivity (Wildman–Crippen MR) is 183 cm³/mol. The molecule has 4 heteroatoms. The fourth-order valence-electron chi connectivity index (χ4n) is 6.02. The lowest BCUT2D eigenvalue weighted by molar-refractivity contribution is -0.112. The minimum absolute atomic E-state index is 0.0378. The molecule has 0 bridgehead atoms. The zero-order valence-corrected chi connectivity index (χ0v) is 27.7. The Morgan fingerprint density at radius 2 is 1.30 bits per heavy atom. The Labute approximate surface area is 268 Å². The van der Waals surface area contributed by atoms with Crippen LogP contribution in [0, 0.1) is 5.92 Å². The van der Waals surface area contributed by atoms with Crippen molar-refractivity contribution in [3.8, 4) is 0 Å². The fraction of sp³-hybridized carbons (Fsp3) is 0.385. The number of hydrogen-bond acceptors (Lipinski definition) is 3. The summed E-state index contributed by atoms with van der Waals surface area (Å²) in [6, 6.07) is 36.5. The summed E-state index contributed by atoms with van der Waals surface area (Å²) >= 11 is 8.87. The molecule has 0 N–H and O–H groups in total. The maximum absolute atomic E-state index is 6.85. The van der Waals surface area contributed by atoms with E-state index in [1.165, 1.54) is 27.8 Å². The average Bonchev–Trinajstić information content (AvgIpc) is 3.01. The van der Waals surface area contributed by atoms with Crippen LogP contribution in [-0.2, 0) is 34.5 Å². The lowest BCUT2D eigenvalue weighted by Crippen LogP contribution is -2.48. The summed E-state index contributed by atoms with van der Waals surface area (Å²) in [4.78, 5) is 0. The summed E-state index contributed by atoms with van der Waals surface area (Å²) in [6.07, 6.45) is 1.74. The van der Waals surface area contributed by atoms with Crippen molar-refractivity contribution in [3.05, 3.63) is 142 Å². The van der Waals surface area contributed by atoms with Crippen LogP contribution in [0.1, 0.15) is 79.7 Å². The first-order valence-electron chi connectivity index (χ1n) is 15.6. The number of rotatable bonds is 10. The lowest BCUT2D eigenvalue weighted by Gasteiger charge is -2.45. The van der Waals surface area contributed by atoms with Gasteiger partial charge in [0.2, 0.25) is 0 Å². The van der Waals surface area contributed by atoms with E-state index < -0.39 is 0 Å². The van der Waals surface area contributed by atoms with Gasteiger partial charge in [0.05, 0.1) is 24.6 Å². The second-order valence-corrected chi connectivity index (χ2v) is 14.7. The number of halogens is 1. The SMILES string of the molecule is CC[C@H]1S[C@@H](c2ccc(Cl)c(Cc3ccc(C(C)(C)C)cc3)c2)[C@H](OCc2ccccc2)[C@@H](OCc2ccccc2)[C@@H]1C. The molecule has 0 radical (unpaired) electrons. The molecule has 0 saturated carbocycles. The Morgan fingerprint density at radius 3 is 1.86 bits per heavy atom. The van der Waals surface area contributed by atoms with E-state index in [1.54, 1.807) is 0 Å². The minimum Gasteiger partial charge on any atom is -0.370 e. The van der Waals surface area contributed by atoms with E-state index >= 15 is 0 Å². The lowest BCUT2D eigenvalue weighted by atomic mass is 9.86. The molecule has 5 rings (SSSR count). The van der Waals surface area contributed by atoms with E-state index in [4.69, 9.17) is 21.1 Å². The molecule has 4 aromatic carbocycles. The van der Waals surface area contributed by atoms with Gasteiger partial charge in [0.1, 0.15) is 6.10 Å². The first kappa shape index (κ1) is 31.9. The minimum atomic E-state index is -0.105. The Kier molecular flexibility index (Phi) is 10.7. The molecule has 1 aliphatic rings. The Morgan fingerprint density at radius 1 is 0.721 bits per heavy atom. The molecule has 5 atom stereocenters. The average molecular weight is 613 g/mol. The van der Waals surface area contributed by atoms with Crippen molar-refractivity contribution in [3.63, 3.8) is 0 Å². The zero-order valence-electron chi connectivity index (χ0n) is 26.1. The molecule has 226 valence electrons. The predicted octanol–water partition coefficient (Wildman–Crippen LogP) is 10.6. The molecule has 0 unspecified atom stereocenters. The van der Waals surface area contributed by atoms with Gasteiger partial charge >= 0.3 is 0 Å². The topological polar surface area (TPSA) is 18.5 Å². The third-order valence-corrected chi connectivity index (χ3v) is 10.9. The van der Waals surface area contributed by atoms with Crippen molar-refractivity contribution in [2.75, 3.05) is 0 Å². The van der Waals surface area contributed by atoms with E-state index in [-0.39, 0.29) is 22.9 Å². The summed E-state index contributed by atoms with van der Waals surface area (Å²) in [5.41, 5.74) is 7.51. The normalized spacial score (nSPS) is 22.4. The summed E-state index contributed by atoms with van der Waals surface area (Å²) in [7, 11) is 0. The molecule has 0 spiro atoms. The van der Waals surface area contributed by atoms with Crippen molar-refractivity contribution in [2.45, 2.75) is 88.8 Å². The molecule has 43 heavy (non-hydrogen) atoms. The third-order valence-electron chi connectivity index (χ3n) is 8.63. The van der Waals surface area contributed by atoms with Crippen LogP contribution < -0.4 is 0 Å². The van der Waals surface area contributed by atoms with Crippen LogP contribution in [0.2, 0.25) is 5.02 Å². The molecule has 1 fully saturated rings. The van der Waals surface area contributed by atoms with Gasteiger partial charge in [-0.3, -0.25) is 0 Å². The zero-order chi connectivity index (χ0) is 30.4. The van der Waals surface area contributed by atoms with E-state index in [1.807, 2.05) is 17.8 Å². The van der Waals surface area contributed by atoms with Gasteiger partial charge in [0, 0.05) is 10.3 Å². The van der Waals surface area contributed by atoms with E-state index in [9.17, 15) is 0 Å². The monoisotopic (exact) mass is 612 g/mol. The third kappa shape index (κ3) is 8.13. The molecule has 0 amide bonds. The summed E-state index contributed by atoms with van der Waals surface area (Å²) in [5, 5.41) is 1.40. The molecule has 1 saturated heterocycles. The van der Waals surface area contributed by atoms with Gasteiger partial charge in [0.15, 0.2) is 0 Å². The van der Waals surface area contributed by atoms with E-state index in [0.29, 0.717) is 24.4 Å². The number of thioether (sulfide) groups is 1. The summed E-state index contributed by atoms with van der Waals surface area (Å²) in [6.45, 7) is 12.5.